The summed E-state index contributed by atoms with van der Waals surface area (Å²) in [4.78, 5) is 26.9. The predicted octanol–water partition coefficient (Wildman–Crippen LogP) is 2.96. The van der Waals surface area contributed by atoms with Crippen LogP contribution in [0.1, 0.15) is 51.0 Å². The van der Waals surface area contributed by atoms with Gasteiger partial charge < -0.3 is 15.0 Å². The van der Waals surface area contributed by atoms with Crippen LogP contribution in [0.4, 0.5) is 0 Å². The second-order valence-corrected chi connectivity index (χ2v) is 9.60. The van der Waals surface area contributed by atoms with Gasteiger partial charge in [-0.1, -0.05) is 38.0 Å². The topological polar surface area (TPSA) is 70.7 Å². The van der Waals surface area contributed by atoms with Crippen molar-refractivity contribution in [1.82, 2.24) is 15.5 Å². The van der Waals surface area contributed by atoms with E-state index in [0.717, 1.165) is 68.7 Å². The maximum absolute atomic E-state index is 12.7. The van der Waals surface area contributed by atoms with Gasteiger partial charge in [-0.05, 0) is 37.3 Å². The molecule has 3 rings (SSSR count). The number of thioether (sulfide) groups is 1. The van der Waals surface area contributed by atoms with Crippen molar-refractivity contribution >= 4 is 23.6 Å². The standard InChI is InChI=1S/C23H35N3O3S/c1-3-4-5-10-21(27)26-15-12-23(13-16-26)25-19(17-30-23)22(28)24-14-11-18-8-6-7-9-20(18)29-2/h6-9,19,25H,3-5,10-17H2,1-2H3,(H,24,28). The smallest absolute Gasteiger partial charge is 0.238 e. The average Bonchev–Trinajstić information content (AvgIpc) is 3.18. The lowest BCUT2D eigenvalue weighted by atomic mass is 10.0. The second kappa shape index (κ2) is 11.0. The number of rotatable bonds is 9. The molecule has 1 atom stereocenters. The zero-order valence-electron chi connectivity index (χ0n) is 18.2. The number of hydrogen-bond donors (Lipinski definition) is 2. The van der Waals surface area contributed by atoms with Crippen molar-refractivity contribution < 1.29 is 14.3 Å². The lowest BCUT2D eigenvalue weighted by molar-refractivity contribution is -0.132. The number of benzene rings is 1. The van der Waals surface area contributed by atoms with Crippen molar-refractivity contribution in [3.63, 3.8) is 0 Å². The van der Waals surface area contributed by atoms with Gasteiger partial charge >= 0.3 is 0 Å². The van der Waals surface area contributed by atoms with Gasteiger partial charge in [0.2, 0.25) is 11.8 Å². The third-order valence-corrected chi connectivity index (χ3v) is 7.66. The molecule has 0 radical (unpaired) electrons. The van der Waals surface area contributed by atoms with Crippen LogP contribution in [-0.4, -0.2) is 60.1 Å². The number of carbonyl (C=O) groups excluding carboxylic acids is 2. The summed E-state index contributed by atoms with van der Waals surface area (Å²) in [5.74, 6) is 1.99. The van der Waals surface area contributed by atoms with Crippen molar-refractivity contribution in [2.24, 2.45) is 0 Å². The van der Waals surface area contributed by atoms with E-state index >= 15 is 0 Å². The summed E-state index contributed by atoms with van der Waals surface area (Å²) in [6.45, 7) is 4.32. The molecule has 2 fully saturated rings. The molecule has 2 heterocycles. The Labute approximate surface area is 184 Å². The fourth-order valence-electron chi connectivity index (χ4n) is 4.23. The van der Waals surface area contributed by atoms with E-state index < -0.39 is 0 Å². The van der Waals surface area contributed by atoms with E-state index in [0.29, 0.717) is 13.0 Å². The average molecular weight is 434 g/mol. The van der Waals surface area contributed by atoms with Gasteiger partial charge in [0.25, 0.3) is 0 Å². The summed E-state index contributed by atoms with van der Waals surface area (Å²) >= 11 is 1.84. The summed E-state index contributed by atoms with van der Waals surface area (Å²) in [5.41, 5.74) is 1.10. The lowest BCUT2D eigenvalue weighted by Gasteiger charge is -2.39. The van der Waals surface area contributed by atoms with Gasteiger partial charge in [-0.3, -0.25) is 14.9 Å². The van der Waals surface area contributed by atoms with Crippen molar-refractivity contribution in [1.29, 1.82) is 0 Å². The highest BCUT2D eigenvalue weighted by Gasteiger charge is 2.44. The Bertz CT molecular complexity index is 719. The third kappa shape index (κ3) is 5.91. The number of nitrogens with zero attached hydrogens (tertiary/aromatic N) is 1. The molecule has 2 N–H and O–H groups in total. The largest absolute Gasteiger partial charge is 0.496 e. The molecule has 30 heavy (non-hydrogen) atoms. The molecule has 2 saturated heterocycles. The summed E-state index contributed by atoms with van der Waals surface area (Å²) < 4.78 is 5.37. The maximum Gasteiger partial charge on any atom is 0.238 e. The number of hydrogen-bond acceptors (Lipinski definition) is 5. The summed E-state index contributed by atoms with van der Waals surface area (Å²) in [6.07, 6.45) is 6.47. The fraction of sp³-hybridized carbons (Fsp3) is 0.652. The molecule has 2 amide bonds. The molecule has 0 aliphatic carbocycles. The molecule has 1 aromatic carbocycles. The zero-order valence-corrected chi connectivity index (χ0v) is 19.1. The molecule has 2 aliphatic rings. The van der Waals surface area contributed by atoms with E-state index in [1.54, 1.807) is 7.11 Å². The van der Waals surface area contributed by atoms with Gasteiger partial charge in [-0.25, -0.2) is 0 Å². The van der Waals surface area contributed by atoms with Gasteiger partial charge in [-0.15, -0.1) is 11.8 Å². The number of likely N-dealkylation sites (tertiary alicyclic amines) is 1. The Morgan fingerprint density at radius 1 is 1.27 bits per heavy atom. The van der Waals surface area contributed by atoms with Crippen molar-refractivity contribution in [2.45, 2.75) is 62.8 Å². The summed E-state index contributed by atoms with van der Waals surface area (Å²) in [6, 6.07) is 7.74. The van der Waals surface area contributed by atoms with Crippen LogP contribution in [0.3, 0.4) is 0 Å². The van der Waals surface area contributed by atoms with Gasteiger partial charge in [0.05, 0.1) is 18.0 Å². The van der Waals surface area contributed by atoms with E-state index in [2.05, 4.69) is 17.6 Å². The summed E-state index contributed by atoms with van der Waals surface area (Å²) in [7, 11) is 1.67. The maximum atomic E-state index is 12.7. The number of carbonyl (C=O) groups is 2. The van der Waals surface area contributed by atoms with Gasteiger partial charge in [0.15, 0.2) is 0 Å². The Kier molecular flexibility index (Phi) is 8.45. The van der Waals surface area contributed by atoms with Crippen LogP contribution in [0, 0.1) is 0 Å². The zero-order chi connectivity index (χ0) is 21.4. The van der Waals surface area contributed by atoms with E-state index in [4.69, 9.17) is 4.74 Å². The highest BCUT2D eigenvalue weighted by Crippen LogP contribution is 2.39. The quantitative estimate of drug-likeness (QED) is 0.586. The van der Waals surface area contributed by atoms with Crippen LogP contribution in [0.15, 0.2) is 24.3 Å². The van der Waals surface area contributed by atoms with Crippen LogP contribution in [-0.2, 0) is 16.0 Å². The highest BCUT2D eigenvalue weighted by atomic mass is 32.2. The van der Waals surface area contributed by atoms with E-state index in [1.165, 1.54) is 0 Å². The SMILES string of the molecule is CCCCCC(=O)N1CCC2(CC1)NC(C(=O)NCCc1ccccc1OC)CS2. The Balaban J connectivity index is 1.40. The van der Waals surface area contributed by atoms with Crippen LogP contribution in [0.5, 0.6) is 5.75 Å². The monoisotopic (exact) mass is 433 g/mol. The molecule has 7 heteroatoms. The Hall–Kier alpha value is -1.73. The molecule has 1 aromatic rings. The Morgan fingerprint density at radius 2 is 2.03 bits per heavy atom. The molecule has 6 nitrogen and oxygen atoms in total. The minimum atomic E-state index is -0.167. The first-order valence-electron chi connectivity index (χ1n) is 11.2. The molecule has 1 spiro atoms. The minimum absolute atomic E-state index is 0.0624. The predicted molar refractivity (Wildman–Crippen MR) is 122 cm³/mol. The van der Waals surface area contributed by atoms with Gasteiger partial charge in [0, 0.05) is 31.8 Å². The number of ether oxygens (including phenoxy) is 1. The minimum Gasteiger partial charge on any atom is -0.496 e. The number of unbranched alkanes of at least 4 members (excludes halogenated alkanes) is 2. The summed E-state index contributed by atoms with van der Waals surface area (Å²) in [5, 5.41) is 6.64. The number of amides is 2. The molecular weight excluding hydrogens is 398 g/mol. The first-order valence-corrected chi connectivity index (χ1v) is 12.1. The van der Waals surface area contributed by atoms with Crippen molar-refractivity contribution in [3.05, 3.63) is 29.8 Å². The first-order chi connectivity index (χ1) is 14.6. The first kappa shape index (κ1) is 22.9. The van der Waals surface area contributed by atoms with Gasteiger partial charge in [-0.2, -0.15) is 0 Å². The normalized spacial score (nSPS) is 20.3. The number of piperidine rings is 1. The van der Waals surface area contributed by atoms with Crippen LogP contribution in [0.25, 0.3) is 0 Å². The van der Waals surface area contributed by atoms with Gasteiger partial charge in [0.1, 0.15) is 5.75 Å². The van der Waals surface area contributed by atoms with Crippen LogP contribution in [0.2, 0.25) is 0 Å². The second-order valence-electron chi connectivity index (χ2n) is 8.19. The molecule has 166 valence electrons. The van der Waals surface area contributed by atoms with Crippen LogP contribution < -0.4 is 15.4 Å². The van der Waals surface area contributed by atoms with E-state index in [1.807, 2.05) is 40.9 Å². The molecule has 2 aliphatic heterocycles. The fourth-order valence-corrected chi connectivity index (χ4v) is 5.65. The number of nitrogens with one attached hydrogen (secondary N) is 2. The lowest BCUT2D eigenvalue weighted by Crippen LogP contribution is -2.54. The molecular formula is C23H35N3O3S. The highest BCUT2D eigenvalue weighted by molar-refractivity contribution is 8.01. The third-order valence-electron chi connectivity index (χ3n) is 6.08. The van der Waals surface area contributed by atoms with Crippen LogP contribution >= 0.6 is 11.8 Å². The molecule has 0 bridgehead atoms. The van der Waals surface area contributed by atoms with Crippen molar-refractivity contribution in [3.8, 4) is 5.75 Å². The molecule has 0 aromatic heterocycles. The van der Waals surface area contributed by atoms with E-state index in [9.17, 15) is 9.59 Å². The van der Waals surface area contributed by atoms with E-state index in [-0.39, 0.29) is 22.7 Å². The number of methoxy groups -OCH3 is 1. The van der Waals surface area contributed by atoms with Crippen molar-refractivity contribution in [2.75, 3.05) is 32.5 Å². The molecule has 1 unspecified atom stereocenters. The number of para-hydroxylation sites is 1. The molecule has 0 saturated carbocycles. The Morgan fingerprint density at radius 3 is 2.77 bits per heavy atom.